The van der Waals surface area contributed by atoms with Crippen molar-refractivity contribution in [3.05, 3.63) is 47.9 Å². The van der Waals surface area contributed by atoms with E-state index in [0.29, 0.717) is 30.2 Å². The van der Waals surface area contributed by atoms with E-state index in [2.05, 4.69) is 20.6 Å². The van der Waals surface area contributed by atoms with Crippen LogP contribution in [0.25, 0.3) is 0 Å². The highest BCUT2D eigenvalue weighted by atomic mass is 16.5. The van der Waals surface area contributed by atoms with Crippen LogP contribution in [0.3, 0.4) is 0 Å². The molecule has 0 spiro atoms. The number of hydrogen-bond acceptors (Lipinski definition) is 6. The highest BCUT2D eigenvalue weighted by molar-refractivity contribution is 5.94. The summed E-state index contributed by atoms with van der Waals surface area (Å²) in [6.07, 6.45) is 2.95. The molecular weight excluding hydrogens is 282 g/mol. The number of aromatic nitrogens is 2. The Morgan fingerprint density at radius 1 is 1.23 bits per heavy atom. The van der Waals surface area contributed by atoms with Crippen LogP contribution in [0.4, 0.5) is 5.82 Å². The van der Waals surface area contributed by atoms with Gasteiger partial charge in [0.2, 0.25) is 0 Å². The predicted molar refractivity (Wildman–Crippen MR) is 80.6 cm³/mol. The van der Waals surface area contributed by atoms with Crippen LogP contribution in [0.2, 0.25) is 0 Å². The van der Waals surface area contributed by atoms with Gasteiger partial charge in [0.1, 0.15) is 11.8 Å². The zero-order valence-corrected chi connectivity index (χ0v) is 12.0. The van der Waals surface area contributed by atoms with E-state index < -0.39 is 0 Å². The fourth-order valence-electron chi connectivity index (χ4n) is 1.75. The molecule has 0 saturated heterocycles. The van der Waals surface area contributed by atoms with Crippen molar-refractivity contribution in [2.45, 2.75) is 0 Å². The lowest BCUT2D eigenvalue weighted by atomic mass is 10.2. The summed E-state index contributed by atoms with van der Waals surface area (Å²) in [4.78, 5) is 19.8. The van der Waals surface area contributed by atoms with Gasteiger partial charge >= 0.3 is 0 Å². The Kier molecular flexibility index (Phi) is 5.26. The number of benzene rings is 1. The van der Waals surface area contributed by atoms with Crippen molar-refractivity contribution in [2.24, 2.45) is 0 Å². The van der Waals surface area contributed by atoms with Crippen molar-refractivity contribution in [1.29, 1.82) is 5.26 Å². The molecule has 2 rings (SSSR count). The minimum absolute atomic E-state index is 0.177. The first-order chi connectivity index (χ1) is 10.7. The van der Waals surface area contributed by atoms with Gasteiger partial charge in [-0.15, -0.1) is 0 Å². The normalized spacial score (nSPS) is 9.64. The second-order valence-electron chi connectivity index (χ2n) is 4.28. The Labute approximate surface area is 128 Å². The van der Waals surface area contributed by atoms with Gasteiger partial charge in [0, 0.05) is 31.0 Å². The molecule has 0 radical (unpaired) electrons. The summed E-state index contributed by atoms with van der Waals surface area (Å²) in [5.74, 6) is 0.928. The van der Waals surface area contributed by atoms with E-state index in [4.69, 9.17) is 10.00 Å². The summed E-state index contributed by atoms with van der Waals surface area (Å²) >= 11 is 0. The number of hydrogen-bond donors (Lipinski definition) is 2. The molecule has 0 fully saturated rings. The number of rotatable bonds is 6. The molecule has 0 aliphatic heterocycles. The van der Waals surface area contributed by atoms with Gasteiger partial charge in [0.05, 0.1) is 7.11 Å². The number of methoxy groups -OCH3 is 1. The Morgan fingerprint density at radius 3 is 2.64 bits per heavy atom. The minimum Gasteiger partial charge on any atom is -0.497 e. The van der Waals surface area contributed by atoms with Crippen LogP contribution in [-0.4, -0.2) is 36.1 Å². The second kappa shape index (κ2) is 7.59. The van der Waals surface area contributed by atoms with Gasteiger partial charge in [-0.2, -0.15) is 5.26 Å². The number of ether oxygens (including phenoxy) is 1. The lowest BCUT2D eigenvalue weighted by Crippen LogP contribution is -2.29. The van der Waals surface area contributed by atoms with Crippen LogP contribution in [0.1, 0.15) is 16.1 Å². The molecule has 112 valence electrons. The van der Waals surface area contributed by atoms with Gasteiger partial charge in [-0.1, -0.05) is 0 Å². The molecule has 0 aliphatic rings. The molecule has 0 saturated carbocycles. The molecule has 0 bridgehead atoms. The van der Waals surface area contributed by atoms with Crippen LogP contribution in [0.15, 0.2) is 36.7 Å². The van der Waals surface area contributed by atoms with Gasteiger partial charge in [0.15, 0.2) is 11.5 Å². The molecule has 1 aromatic carbocycles. The molecule has 1 heterocycles. The molecule has 7 nitrogen and oxygen atoms in total. The average molecular weight is 297 g/mol. The third-order valence-corrected chi connectivity index (χ3v) is 2.86. The summed E-state index contributed by atoms with van der Waals surface area (Å²) in [6, 6.07) is 8.79. The maximum atomic E-state index is 11.9. The predicted octanol–water partition coefficient (Wildman–Crippen LogP) is 1.20. The summed E-state index contributed by atoms with van der Waals surface area (Å²) in [7, 11) is 1.57. The largest absolute Gasteiger partial charge is 0.497 e. The van der Waals surface area contributed by atoms with E-state index in [0.717, 1.165) is 0 Å². The number of amides is 1. The number of carbonyl (C=O) groups excluding carboxylic acids is 1. The van der Waals surface area contributed by atoms with Crippen molar-refractivity contribution < 1.29 is 9.53 Å². The van der Waals surface area contributed by atoms with Crippen molar-refractivity contribution in [1.82, 2.24) is 15.3 Å². The van der Waals surface area contributed by atoms with E-state index in [-0.39, 0.29) is 11.6 Å². The van der Waals surface area contributed by atoms with Gasteiger partial charge in [-0.25, -0.2) is 9.97 Å². The van der Waals surface area contributed by atoms with Crippen LogP contribution >= 0.6 is 0 Å². The molecule has 0 atom stereocenters. The van der Waals surface area contributed by atoms with Crippen LogP contribution in [0.5, 0.6) is 5.75 Å². The Morgan fingerprint density at radius 2 is 1.95 bits per heavy atom. The van der Waals surface area contributed by atoms with Gasteiger partial charge in [-0.3, -0.25) is 4.79 Å². The lowest BCUT2D eigenvalue weighted by Gasteiger charge is -2.08. The van der Waals surface area contributed by atoms with Crippen LogP contribution in [0, 0.1) is 11.3 Å². The van der Waals surface area contributed by atoms with Gasteiger partial charge < -0.3 is 15.4 Å². The number of anilines is 1. The number of carbonyl (C=O) groups is 1. The average Bonchev–Trinajstić information content (AvgIpc) is 2.59. The molecular formula is C15H15N5O2. The molecule has 1 amide bonds. The number of nitriles is 1. The van der Waals surface area contributed by atoms with Crippen molar-refractivity contribution in [2.75, 3.05) is 25.5 Å². The van der Waals surface area contributed by atoms with Gasteiger partial charge in [0.25, 0.3) is 5.91 Å². The first-order valence-electron chi connectivity index (χ1n) is 6.62. The van der Waals surface area contributed by atoms with Crippen molar-refractivity contribution in [3.8, 4) is 11.8 Å². The first kappa shape index (κ1) is 15.3. The van der Waals surface area contributed by atoms with E-state index in [9.17, 15) is 4.79 Å². The zero-order chi connectivity index (χ0) is 15.8. The maximum Gasteiger partial charge on any atom is 0.251 e. The summed E-state index contributed by atoms with van der Waals surface area (Å²) in [5.41, 5.74) is 0.780. The SMILES string of the molecule is COc1ccc(C(=O)NCCNc2nccnc2C#N)cc1. The zero-order valence-electron chi connectivity index (χ0n) is 12.0. The molecule has 22 heavy (non-hydrogen) atoms. The molecule has 0 unspecified atom stereocenters. The molecule has 7 heteroatoms. The Hall–Kier alpha value is -3.14. The fraction of sp³-hybridized carbons (Fsp3) is 0.200. The smallest absolute Gasteiger partial charge is 0.251 e. The van der Waals surface area contributed by atoms with Crippen LogP contribution in [-0.2, 0) is 0 Å². The van der Waals surface area contributed by atoms with E-state index in [1.165, 1.54) is 12.4 Å². The van der Waals surface area contributed by atoms with E-state index in [1.54, 1.807) is 31.4 Å². The van der Waals surface area contributed by atoms with Gasteiger partial charge in [-0.05, 0) is 24.3 Å². The number of nitrogens with zero attached hydrogens (tertiary/aromatic N) is 3. The van der Waals surface area contributed by atoms with E-state index in [1.807, 2.05) is 6.07 Å². The summed E-state index contributed by atoms with van der Waals surface area (Å²) in [6.45, 7) is 0.835. The Bertz CT molecular complexity index is 679. The Balaban J connectivity index is 1.81. The summed E-state index contributed by atoms with van der Waals surface area (Å²) in [5, 5.41) is 14.6. The molecule has 2 aromatic rings. The summed E-state index contributed by atoms with van der Waals surface area (Å²) < 4.78 is 5.04. The van der Waals surface area contributed by atoms with Crippen molar-refractivity contribution >= 4 is 11.7 Å². The first-order valence-corrected chi connectivity index (χ1v) is 6.62. The standard InChI is InChI=1S/C15H15N5O2/c1-22-12-4-2-11(3-5-12)15(21)20-9-8-19-14-13(10-16)17-6-7-18-14/h2-7H,8-9H2,1H3,(H,18,19)(H,20,21). The van der Waals surface area contributed by atoms with E-state index >= 15 is 0 Å². The second-order valence-corrected chi connectivity index (χ2v) is 4.28. The highest BCUT2D eigenvalue weighted by Crippen LogP contribution is 2.11. The molecule has 2 N–H and O–H groups in total. The van der Waals surface area contributed by atoms with Crippen molar-refractivity contribution in [3.63, 3.8) is 0 Å². The van der Waals surface area contributed by atoms with Crippen LogP contribution < -0.4 is 15.4 Å². The minimum atomic E-state index is -0.177. The fourth-order valence-corrected chi connectivity index (χ4v) is 1.75. The third kappa shape index (κ3) is 3.93. The molecule has 1 aromatic heterocycles. The monoisotopic (exact) mass is 297 g/mol. The number of nitrogens with one attached hydrogen (secondary N) is 2. The lowest BCUT2D eigenvalue weighted by molar-refractivity contribution is 0.0955. The highest BCUT2D eigenvalue weighted by Gasteiger charge is 2.06. The maximum absolute atomic E-state index is 11.9. The topological polar surface area (TPSA) is 99.9 Å². The quantitative estimate of drug-likeness (QED) is 0.777. The third-order valence-electron chi connectivity index (χ3n) is 2.86. The molecule has 0 aliphatic carbocycles.